The maximum atomic E-state index is 10.7. The number of benzene rings is 2. The Morgan fingerprint density at radius 3 is 2.50 bits per heavy atom. The van der Waals surface area contributed by atoms with Crippen molar-refractivity contribution in [1.82, 2.24) is 0 Å². The van der Waals surface area contributed by atoms with Crippen LogP contribution in [0.3, 0.4) is 0 Å². The average Bonchev–Trinajstić information content (AvgIpc) is 2.32. The van der Waals surface area contributed by atoms with Gasteiger partial charge < -0.3 is 10.2 Å². The van der Waals surface area contributed by atoms with Crippen molar-refractivity contribution in [3.05, 3.63) is 53.6 Å². The second-order valence-corrected chi connectivity index (χ2v) is 4.24. The van der Waals surface area contributed by atoms with Crippen LogP contribution in [0.4, 0.5) is 0 Å². The Labute approximate surface area is 105 Å². The van der Waals surface area contributed by atoms with Crippen molar-refractivity contribution >= 4 is 5.97 Å². The summed E-state index contributed by atoms with van der Waals surface area (Å²) in [7, 11) is 0. The summed E-state index contributed by atoms with van der Waals surface area (Å²) in [5, 5.41) is 18.7. The molecule has 0 unspecified atom stereocenters. The number of aromatic hydroxyl groups is 1. The van der Waals surface area contributed by atoms with Crippen LogP contribution in [0.2, 0.25) is 0 Å². The number of carbonyl (C=O) groups is 1. The summed E-state index contributed by atoms with van der Waals surface area (Å²) >= 11 is 0. The SMILES string of the molecule is Cc1ccccc1-c1cc(CC(=O)O)ccc1O. The van der Waals surface area contributed by atoms with Gasteiger partial charge in [0.1, 0.15) is 5.75 Å². The monoisotopic (exact) mass is 242 g/mol. The van der Waals surface area contributed by atoms with Crippen molar-refractivity contribution < 1.29 is 15.0 Å². The molecule has 2 rings (SSSR count). The van der Waals surface area contributed by atoms with E-state index in [0.717, 1.165) is 11.1 Å². The molecule has 0 spiro atoms. The molecule has 92 valence electrons. The van der Waals surface area contributed by atoms with Gasteiger partial charge in [0.05, 0.1) is 6.42 Å². The van der Waals surface area contributed by atoms with E-state index in [2.05, 4.69) is 0 Å². The van der Waals surface area contributed by atoms with Gasteiger partial charge in [0.2, 0.25) is 0 Å². The molecule has 3 nitrogen and oxygen atoms in total. The molecule has 0 saturated carbocycles. The molecule has 0 heterocycles. The van der Waals surface area contributed by atoms with E-state index in [1.54, 1.807) is 18.2 Å². The third kappa shape index (κ3) is 2.51. The van der Waals surface area contributed by atoms with Crippen molar-refractivity contribution in [3.8, 4) is 16.9 Å². The maximum absolute atomic E-state index is 10.7. The molecular formula is C15H14O3. The lowest BCUT2D eigenvalue weighted by atomic mass is 9.97. The molecule has 3 heteroatoms. The van der Waals surface area contributed by atoms with E-state index in [9.17, 15) is 9.90 Å². The fraction of sp³-hybridized carbons (Fsp3) is 0.133. The molecule has 0 aliphatic heterocycles. The highest BCUT2D eigenvalue weighted by Gasteiger charge is 2.09. The highest BCUT2D eigenvalue weighted by Crippen LogP contribution is 2.32. The predicted octanol–water partition coefficient (Wildman–Crippen LogP) is 2.99. The first-order chi connectivity index (χ1) is 8.58. The second-order valence-electron chi connectivity index (χ2n) is 4.24. The van der Waals surface area contributed by atoms with Crippen LogP contribution in [0.5, 0.6) is 5.75 Å². The lowest BCUT2D eigenvalue weighted by Crippen LogP contribution is -2.00. The summed E-state index contributed by atoms with van der Waals surface area (Å²) in [6.07, 6.45) is -0.0425. The number of hydrogen-bond donors (Lipinski definition) is 2. The molecule has 2 aromatic carbocycles. The van der Waals surface area contributed by atoms with E-state index >= 15 is 0 Å². The third-order valence-electron chi connectivity index (χ3n) is 2.85. The Bertz CT molecular complexity index is 588. The van der Waals surface area contributed by atoms with Gasteiger partial charge in [0.25, 0.3) is 0 Å². The molecule has 0 aromatic heterocycles. The highest BCUT2D eigenvalue weighted by molar-refractivity contribution is 5.76. The normalized spacial score (nSPS) is 10.3. The molecule has 0 aliphatic carbocycles. The molecule has 0 bridgehead atoms. The van der Waals surface area contributed by atoms with E-state index in [1.807, 2.05) is 31.2 Å². The smallest absolute Gasteiger partial charge is 0.307 e. The van der Waals surface area contributed by atoms with E-state index in [1.165, 1.54) is 0 Å². The Kier molecular flexibility index (Phi) is 3.33. The lowest BCUT2D eigenvalue weighted by Gasteiger charge is -2.09. The zero-order valence-electron chi connectivity index (χ0n) is 10.1. The summed E-state index contributed by atoms with van der Waals surface area (Å²) in [4.78, 5) is 10.7. The Hall–Kier alpha value is -2.29. The lowest BCUT2D eigenvalue weighted by molar-refractivity contribution is -0.136. The standard InChI is InChI=1S/C15H14O3/c1-10-4-2-3-5-12(10)13-8-11(9-15(17)18)6-7-14(13)16/h2-8,16H,9H2,1H3,(H,17,18). The van der Waals surface area contributed by atoms with Crippen LogP contribution < -0.4 is 0 Å². The summed E-state index contributed by atoms with van der Waals surface area (Å²) < 4.78 is 0. The van der Waals surface area contributed by atoms with Crippen molar-refractivity contribution in [2.45, 2.75) is 13.3 Å². The summed E-state index contributed by atoms with van der Waals surface area (Å²) in [5.41, 5.74) is 3.31. The largest absolute Gasteiger partial charge is 0.507 e. The van der Waals surface area contributed by atoms with E-state index in [0.29, 0.717) is 11.1 Å². The molecular weight excluding hydrogens is 228 g/mol. The molecule has 2 N–H and O–H groups in total. The molecule has 18 heavy (non-hydrogen) atoms. The molecule has 0 amide bonds. The minimum absolute atomic E-state index is 0.0425. The molecule has 0 fully saturated rings. The molecule has 0 saturated heterocycles. The zero-order valence-corrected chi connectivity index (χ0v) is 10.1. The first kappa shape index (κ1) is 12.2. The minimum atomic E-state index is -0.878. The molecule has 0 atom stereocenters. The van der Waals surface area contributed by atoms with Crippen LogP contribution in [0.1, 0.15) is 11.1 Å². The number of carboxylic acid groups (broad SMARTS) is 1. The minimum Gasteiger partial charge on any atom is -0.507 e. The van der Waals surface area contributed by atoms with Gasteiger partial charge >= 0.3 is 5.97 Å². The fourth-order valence-corrected chi connectivity index (χ4v) is 1.96. The predicted molar refractivity (Wildman–Crippen MR) is 69.6 cm³/mol. The van der Waals surface area contributed by atoms with Crippen molar-refractivity contribution in [2.75, 3.05) is 0 Å². The van der Waals surface area contributed by atoms with Gasteiger partial charge in [0, 0.05) is 5.56 Å². The van der Waals surface area contributed by atoms with Crippen LogP contribution in [0, 0.1) is 6.92 Å². The third-order valence-corrected chi connectivity index (χ3v) is 2.85. The van der Waals surface area contributed by atoms with Crippen LogP contribution in [0.25, 0.3) is 11.1 Å². The average molecular weight is 242 g/mol. The molecule has 0 aliphatic rings. The summed E-state index contributed by atoms with van der Waals surface area (Å²) in [5.74, 6) is -0.713. The fourth-order valence-electron chi connectivity index (χ4n) is 1.96. The summed E-state index contributed by atoms with van der Waals surface area (Å²) in [6.45, 7) is 1.96. The van der Waals surface area contributed by atoms with E-state index in [-0.39, 0.29) is 12.2 Å². The first-order valence-electron chi connectivity index (χ1n) is 5.67. The van der Waals surface area contributed by atoms with E-state index in [4.69, 9.17) is 5.11 Å². The Balaban J connectivity index is 2.50. The maximum Gasteiger partial charge on any atom is 0.307 e. The van der Waals surface area contributed by atoms with Crippen LogP contribution in [-0.2, 0) is 11.2 Å². The zero-order chi connectivity index (χ0) is 13.1. The molecule has 0 radical (unpaired) electrons. The topological polar surface area (TPSA) is 57.5 Å². The van der Waals surface area contributed by atoms with E-state index < -0.39 is 5.97 Å². The number of aryl methyl sites for hydroxylation is 1. The van der Waals surface area contributed by atoms with Gasteiger partial charge in [-0.25, -0.2) is 0 Å². The Morgan fingerprint density at radius 1 is 1.11 bits per heavy atom. The number of carboxylic acids is 1. The van der Waals surface area contributed by atoms with Gasteiger partial charge in [-0.3, -0.25) is 4.79 Å². The highest BCUT2D eigenvalue weighted by atomic mass is 16.4. The van der Waals surface area contributed by atoms with Crippen LogP contribution in [0.15, 0.2) is 42.5 Å². The van der Waals surface area contributed by atoms with Crippen molar-refractivity contribution in [1.29, 1.82) is 0 Å². The van der Waals surface area contributed by atoms with Gasteiger partial charge in [-0.2, -0.15) is 0 Å². The summed E-state index contributed by atoms with van der Waals surface area (Å²) in [6, 6.07) is 12.6. The molecule has 2 aromatic rings. The van der Waals surface area contributed by atoms with Gasteiger partial charge in [0.15, 0.2) is 0 Å². The number of hydrogen-bond acceptors (Lipinski definition) is 2. The van der Waals surface area contributed by atoms with Gasteiger partial charge in [-0.1, -0.05) is 30.3 Å². The number of phenols is 1. The number of aliphatic carboxylic acids is 1. The second kappa shape index (κ2) is 4.92. The van der Waals surface area contributed by atoms with Crippen LogP contribution in [-0.4, -0.2) is 16.2 Å². The quantitative estimate of drug-likeness (QED) is 0.869. The van der Waals surface area contributed by atoms with Crippen molar-refractivity contribution in [2.24, 2.45) is 0 Å². The Morgan fingerprint density at radius 2 is 1.83 bits per heavy atom. The van der Waals surface area contributed by atoms with Gasteiger partial charge in [-0.05, 0) is 35.7 Å². The number of phenolic OH excluding ortho intramolecular Hbond substituents is 1. The van der Waals surface area contributed by atoms with Gasteiger partial charge in [-0.15, -0.1) is 0 Å². The number of rotatable bonds is 3. The van der Waals surface area contributed by atoms with Crippen LogP contribution >= 0.6 is 0 Å². The van der Waals surface area contributed by atoms with Crippen molar-refractivity contribution in [3.63, 3.8) is 0 Å². The first-order valence-corrected chi connectivity index (χ1v) is 5.67.